The lowest BCUT2D eigenvalue weighted by atomic mass is 10.2. The van der Waals surface area contributed by atoms with Crippen molar-refractivity contribution in [2.24, 2.45) is 10.7 Å². The quantitative estimate of drug-likeness (QED) is 0.616. The molecule has 2 aromatic rings. The van der Waals surface area contributed by atoms with Crippen LogP contribution in [-0.2, 0) is 6.54 Å². The average molecular weight is 377 g/mol. The van der Waals surface area contributed by atoms with Crippen molar-refractivity contribution < 1.29 is 4.39 Å². The highest BCUT2D eigenvalue weighted by Crippen LogP contribution is 2.18. The first-order valence-electron chi connectivity index (χ1n) is 8.74. The number of aromatic nitrogens is 1. The van der Waals surface area contributed by atoms with E-state index in [9.17, 15) is 4.39 Å². The van der Waals surface area contributed by atoms with Crippen LogP contribution in [0.3, 0.4) is 0 Å². The Morgan fingerprint density at radius 3 is 2.65 bits per heavy atom. The zero-order chi connectivity index (χ0) is 18.4. The van der Waals surface area contributed by atoms with Crippen molar-refractivity contribution in [3.63, 3.8) is 0 Å². The molecule has 0 aliphatic carbocycles. The number of hydrogen-bond acceptors (Lipinski definition) is 5. The molecule has 2 heterocycles. The lowest BCUT2D eigenvalue weighted by molar-refractivity contribution is 0.334. The number of aliphatic imine (C=N–C) groups is 1. The van der Waals surface area contributed by atoms with Crippen LogP contribution in [-0.4, -0.2) is 67.1 Å². The van der Waals surface area contributed by atoms with Crippen LogP contribution in [0.5, 0.6) is 0 Å². The van der Waals surface area contributed by atoms with E-state index in [0.717, 1.165) is 50.0 Å². The SMILES string of the molecule is CN(CCN=C(N)N1CCN(c2nccs2)CC1)Cc1ccc(F)cc1. The Bertz CT molecular complexity index is 695. The fourth-order valence-electron chi connectivity index (χ4n) is 2.91. The summed E-state index contributed by atoms with van der Waals surface area (Å²) in [5.74, 6) is 0.405. The number of nitrogens with two attached hydrogens (primary N) is 1. The maximum atomic E-state index is 12.9. The van der Waals surface area contributed by atoms with E-state index in [4.69, 9.17) is 5.73 Å². The maximum Gasteiger partial charge on any atom is 0.191 e. The van der Waals surface area contributed by atoms with Gasteiger partial charge in [-0.15, -0.1) is 11.3 Å². The molecule has 3 rings (SSSR count). The molecule has 0 saturated carbocycles. The first kappa shape index (κ1) is 18.6. The van der Waals surface area contributed by atoms with Gasteiger partial charge in [0, 0.05) is 50.8 Å². The summed E-state index contributed by atoms with van der Waals surface area (Å²) in [7, 11) is 2.03. The van der Waals surface area contributed by atoms with Gasteiger partial charge in [-0.1, -0.05) is 12.1 Å². The molecule has 0 radical (unpaired) electrons. The van der Waals surface area contributed by atoms with E-state index in [-0.39, 0.29) is 5.82 Å². The van der Waals surface area contributed by atoms with E-state index in [0.29, 0.717) is 12.5 Å². The highest BCUT2D eigenvalue weighted by atomic mass is 32.1. The van der Waals surface area contributed by atoms with Crippen molar-refractivity contribution in [2.45, 2.75) is 6.54 Å². The number of guanidine groups is 1. The number of hydrogen-bond donors (Lipinski definition) is 1. The van der Waals surface area contributed by atoms with Gasteiger partial charge in [0.05, 0.1) is 6.54 Å². The predicted molar refractivity (Wildman–Crippen MR) is 105 cm³/mol. The first-order chi connectivity index (χ1) is 12.6. The molecule has 0 atom stereocenters. The molecule has 1 saturated heterocycles. The van der Waals surface area contributed by atoms with Gasteiger partial charge in [-0.25, -0.2) is 9.37 Å². The Labute approximate surface area is 157 Å². The number of anilines is 1. The van der Waals surface area contributed by atoms with Gasteiger partial charge in [-0.2, -0.15) is 0 Å². The molecular weight excluding hydrogens is 351 g/mol. The summed E-state index contributed by atoms with van der Waals surface area (Å²) >= 11 is 1.67. The molecule has 8 heteroatoms. The van der Waals surface area contributed by atoms with Gasteiger partial charge in [0.25, 0.3) is 0 Å². The molecule has 1 aromatic heterocycles. The number of rotatable bonds is 6. The van der Waals surface area contributed by atoms with Crippen molar-refractivity contribution >= 4 is 22.4 Å². The van der Waals surface area contributed by atoms with Crippen LogP contribution in [0.4, 0.5) is 9.52 Å². The maximum absolute atomic E-state index is 12.9. The minimum atomic E-state index is -0.205. The Morgan fingerprint density at radius 1 is 1.27 bits per heavy atom. The largest absolute Gasteiger partial charge is 0.370 e. The highest BCUT2D eigenvalue weighted by molar-refractivity contribution is 7.13. The molecule has 1 aliphatic heterocycles. The molecular formula is C18H25FN6S. The van der Waals surface area contributed by atoms with E-state index in [1.165, 1.54) is 12.1 Å². The van der Waals surface area contributed by atoms with Gasteiger partial charge in [0.15, 0.2) is 11.1 Å². The topological polar surface area (TPSA) is 61.0 Å². The van der Waals surface area contributed by atoms with E-state index < -0.39 is 0 Å². The zero-order valence-corrected chi connectivity index (χ0v) is 15.8. The summed E-state index contributed by atoms with van der Waals surface area (Å²) < 4.78 is 12.9. The zero-order valence-electron chi connectivity index (χ0n) is 15.0. The molecule has 1 aliphatic rings. The fourth-order valence-corrected chi connectivity index (χ4v) is 3.61. The van der Waals surface area contributed by atoms with Gasteiger partial charge in [-0.05, 0) is 24.7 Å². The number of nitrogens with zero attached hydrogens (tertiary/aromatic N) is 5. The second-order valence-corrected chi connectivity index (χ2v) is 7.27. The molecule has 140 valence electrons. The molecule has 1 fully saturated rings. The van der Waals surface area contributed by atoms with E-state index >= 15 is 0 Å². The summed E-state index contributed by atoms with van der Waals surface area (Å²) in [6.45, 7) is 5.76. The van der Waals surface area contributed by atoms with Gasteiger partial charge >= 0.3 is 0 Å². The summed E-state index contributed by atoms with van der Waals surface area (Å²) in [6, 6.07) is 6.60. The van der Waals surface area contributed by atoms with Crippen LogP contribution in [0.25, 0.3) is 0 Å². The molecule has 0 spiro atoms. The highest BCUT2D eigenvalue weighted by Gasteiger charge is 2.19. The smallest absolute Gasteiger partial charge is 0.191 e. The van der Waals surface area contributed by atoms with Crippen LogP contribution in [0.15, 0.2) is 40.8 Å². The number of likely N-dealkylation sites (N-methyl/N-ethyl adjacent to an activating group) is 1. The molecule has 26 heavy (non-hydrogen) atoms. The monoisotopic (exact) mass is 376 g/mol. The lowest BCUT2D eigenvalue weighted by Gasteiger charge is -2.35. The molecule has 0 bridgehead atoms. The van der Waals surface area contributed by atoms with Crippen LogP contribution < -0.4 is 10.6 Å². The number of piperazine rings is 1. The van der Waals surface area contributed by atoms with Gasteiger partial charge in [-0.3, -0.25) is 4.99 Å². The van der Waals surface area contributed by atoms with E-state index in [2.05, 4.69) is 24.7 Å². The fraction of sp³-hybridized carbons (Fsp3) is 0.444. The van der Waals surface area contributed by atoms with Gasteiger partial charge < -0.3 is 20.4 Å². The summed E-state index contributed by atoms with van der Waals surface area (Å²) in [5.41, 5.74) is 7.24. The summed E-state index contributed by atoms with van der Waals surface area (Å²) in [6.07, 6.45) is 1.84. The Hall–Kier alpha value is -2.19. The third-order valence-electron chi connectivity index (χ3n) is 4.41. The van der Waals surface area contributed by atoms with Crippen LogP contribution >= 0.6 is 11.3 Å². The van der Waals surface area contributed by atoms with Crippen LogP contribution in [0, 0.1) is 5.82 Å². The third-order valence-corrected chi connectivity index (χ3v) is 5.25. The van der Waals surface area contributed by atoms with Crippen molar-refractivity contribution in [3.8, 4) is 0 Å². The van der Waals surface area contributed by atoms with Crippen molar-refractivity contribution in [1.82, 2.24) is 14.8 Å². The first-order valence-corrected chi connectivity index (χ1v) is 9.62. The van der Waals surface area contributed by atoms with E-state index in [1.54, 1.807) is 11.3 Å². The van der Waals surface area contributed by atoms with E-state index in [1.807, 2.05) is 30.8 Å². The van der Waals surface area contributed by atoms with Crippen molar-refractivity contribution in [1.29, 1.82) is 0 Å². The molecule has 6 nitrogen and oxygen atoms in total. The molecule has 0 unspecified atom stereocenters. The predicted octanol–water partition coefficient (Wildman–Crippen LogP) is 1.85. The minimum absolute atomic E-state index is 0.205. The number of thiazole rings is 1. The summed E-state index contributed by atoms with van der Waals surface area (Å²) in [5, 5.41) is 3.07. The second kappa shape index (κ2) is 8.95. The third kappa shape index (κ3) is 5.15. The normalized spacial score (nSPS) is 15.7. The molecule has 0 amide bonds. The Morgan fingerprint density at radius 2 is 2.00 bits per heavy atom. The molecule has 1 aromatic carbocycles. The average Bonchev–Trinajstić information content (AvgIpc) is 3.18. The van der Waals surface area contributed by atoms with Gasteiger partial charge in [0.1, 0.15) is 5.82 Å². The van der Waals surface area contributed by atoms with Crippen LogP contribution in [0.1, 0.15) is 5.56 Å². The Kier molecular flexibility index (Phi) is 6.40. The van der Waals surface area contributed by atoms with Crippen molar-refractivity contribution in [3.05, 3.63) is 47.2 Å². The lowest BCUT2D eigenvalue weighted by Crippen LogP contribution is -2.51. The van der Waals surface area contributed by atoms with Crippen molar-refractivity contribution in [2.75, 3.05) is 51.2 Å². The second-order valence-electron chi connectivity index (χ2n) is 6.39. The van der Waals surface area contributed by atoms with Gasteiger partial charge in [0.2, 0.25) is 0 Å². The standard InChI is InChI=1S/C18H25FN6S/c1-23(14-15-2-4-16(19)5-3-15)8-6-21-17(20)24-9-11-25(12-10-24)18-22-7-13-26-18/h2-5,7,13H,6,8-12,14H2,1H3,(H2,20,21). The van der Waals surface area contributed by atoms with Crippen LogP contribution in [0.2, 0.25) is 0 Å². The number of benzene rings is 1. The minimum Gasteiger partial charge on any atom is -0.370 e. The Balaban J connectivity index is 1.40. The number of halogens is 1. The molecule has 2 N–H and O–H groups in total. The summed E-state index contributed by atoms with van der Waals surface area (Å²) in [4.78, 5) is 15.4.